The van der Waals surface area contributed by atoms with Crippen molar-refractivity contribution in [3.63, 3.8) is 0 Å². The molecule has 0 amide bonds. The van der Waals surface area contributed by atoms with Crippen molar-refractivity contribution in [2.45, 2.75) is 13.8 Å². The molecule has 0 saturated carbocycles. The van der Waals surface area contributed by atoms with E-state index < -0.39 is 4.92 Å². The van der Waals surface area contributed by atoms with Crippen LogP contribution in [0.1, 0.15) is 16.8 Å². The summed E-state index contributed by atoms with van der Waals surface area (Å²) in [5.74, 6) is 0.144. The van der Waals surface area contributed by atoms with Gasteiger partial charge >= 0.3 is 5.69 Å². The molecule has 100 valence electrons. The van der Waals surface area contributed by atoms with Gasteiger partial charge in [-0.1, -0.05) is 12.1 Å². The Bertz CT molecular complexity index is 720. The Morgan fingerprint density at radius 3 is 2.70 bits per heavy atom. The predicted octanol–water partition coefficient (Wildman–Crippen LogP) is 3.27. The maximum atomic E-state index is 11.1. The molecule has 1 heterocycles. The first-order valence-corrected chi connectivity index (χ1v) is 5.82. The van der Waals surface area contributed by atoms with Crippen LogP contribution < -0.4 is 4.74 Å². The lowest BCUT2D eigenvalue weighted by Gasteiger charge is -2.08. The van der Waals surface area contributed by atoms with E-state index in [2.05, 4.69) is 4.98 Å². The number of nitro benzene ring substituents is 1. The molecule has 0 atom stereocenters. The first kappa shape index (κ1) is 13.5. The van der Waals surface area contributed by atoms with Crippen molar-refractivity contribution in [1.82, 2.24) is 4.98 Å². The molecule has 0 aliphatic carbocycles. The van der Waals surface area contributed by atoms with Crippen molar-refractivity contribution in [2.75, 3.05) is 0 Å². The van der Waals surface area contributed by atoms with Crippen LogP contribution in [0.25, 0.3) is 0 Å². The fourth-order valence-corrected chi connectivity index (χ4v) is 1.75. The minimum absolute atomic E-state index is 0.0706. The van der Waals surface area contributed by atoms with Crippen molar-refractivity contribution in [1.29, 1.82) is 5.26 Å². The van der Waals surface area contributed by atoms with Crippen molar-refractivity contribution in [3.8, 4) is 17.7 Å². The van der Waals surface area contributed by atoms with Gasteiger partial charge in [0.05, 0.1) is 4.92 Å². The van der Waals surface area contributed by atoms with Gasteiger partial charge in [0.1, 0.15) is 11.6 Å². The molecule has 6 nitrogen and oxygen atoms in total. The van der Waals surface area contributed by atoms with Gasteiger partial charge in [-0.05, 0) is 32.0 Å². The second-order valence-electron chi connectivity index (χ2n) is 4.20. The molecule has 0 unspecified atom stereocenters. The molecule has 0 spiro atoms. The summed E-state index contributed by atoms with van der Waals surface area (Å²) in [5.41, 5.74) is 1.25. The van der Waals surface area contributed by atoms with Crippen LogP contribution in [-0.2, 0) is 0 Å². The average molecular weight is 269 g/mol. The number of para-hydroxylation sites is 1. The Hall–Kier alpha value is -2.94. The lowest BCUT2D eigenvalue weighted by molar-refractivity contribution is -0.386. The number of hydrogen-bond acceptors (Lipinski definition) is 5. The Labute approximate surface area is 115 Å². The van der Waals surface area contributed by atoms with Gasteiger partial charge in [-0.25, -0.2) is 4.98 Å². The van der Waals surface area contributed by atoms with E-state index in [9.17, 15) is 10.1 Å². The Kier molecular flexibility index (Phi) is 3.62. The maximum Gasteiger partial charge on any atom is 0.314 e. The number of nitriles is 1. The molecule has 0 N–H and O–H groups in total. The molecule has 0 fully saturated rings. The number of nitro groups is 1. The van der Waals surface area contributed by atoms with Crippen LogP contribution in [0.4, 0.5) is 5.69 Å². The quantitative estimate of drug-likeness (QED) is 0.630. The summed E-state index contributed by atoms with van der Waals surface area (Å²) in [6.45, 7) is 3.37. The van der Waals surface area contributed by atoms with Crippen LogP contribution in [-0.4, -0.2) is 9.91 Å². The molecule has 0 aliphatic rings. The summed E-state index contributed by atoms with van der Waals surface area (Å²) in [4.78, 5) is 14.7. The predicted molar refractivity (Wildman–Crippen MR) is 71.6 cm³/mol. The number of hydrogen-bond donors (Lipinski definition) is 0. The van der Waals surface area contributed by atoms with E-state index in [0.717, 1.165) is 0 Å². The number of rotatable bonds is 3. The molecule has 1 aromatic carbocycles. The van der Waals surface area contributed by atoms with Gasteiger partial charge in [0.25, 0.3) is 0 Å². The Morgan fingerprint density at radius 1 is 1.30 bits per heavy atom. The van der Waals surface area contributed by atoms with E-state index in [1.54, 1.807) is 38.1 Å². The molecular formula is C14H11N3O3. The van der Waals surface area contributed by atoms with E-state index in [1.165, 1.54) is 6.07 Å². The zero-order valence-electron chi connectivity index (χ0n) is 11.0. The SMILES string of the molecule is Cc1ccc(C#N)c(Oc2cccc(C)c2[N+](=O)[O-])n1. The highest BCUT2D eigenvalue weighted by Gasteiger charge is 2.20. The second-order valence-corrected chi connectivity index (χ2v) is 4.20. The van der Waals surface area contributed by atoms with E-state index in [0.29, 0.717) is 11.3 Å². The molecule has 0 radical (unpaired) electrons. The molecular weight excluding hydrogens is 258 g/mol. The first-order chi connectivity index (χ1) is 9.52. The minimum Gasteiger partial charge on any atom is -0.430 e. The largest absolute Gasteiger partial charge is 0.430 e. The highest BCUT2D eigenvalue weighted by atomic mass is 16.6. The van der Waals surface area contributed by atoms with E-state index in [4.69, 9.17) is 10.00 Å². The normalized spacial score (nSPS) is 9.85. The van der Waals surface area contributed by atoms with E-state index in [-0.39, 0.29) is 22.9 Å². The number of pyridine rings is 1. The van der Waals surface area contributed by atoms with Gasteiger partial charge in [0, 0.05) is 11.3 Å². The van der Waals surface area contributed by atoms with Crippen LogP contribution in [0.3, 0.4) is 0 Å². The molecule has 0 bridgehead atoms. The third-order valence-corrected chi connectivity index (χ3v) is 2.71. The van der Waals surface area contributed by atoms with Gasteiger partial charge in [-0.2, -0.15) is 5.26 Å². The molecule has 0 saturated heterocycles. The number of benzene rings is 1. The highest BCUT2D eigenvalue weighted by molar-refractivity contribution is 5.54. The van der Waals surface area contributed by atoms with Crippen LogP contribution in [0.15, 0.2) is 30.3 Å². The van der Waals surface area contributed by atoms with E-state index in [1.807, 2.05) is 6.07 Å². The van der Waals surface area contributed by atoms with Crippen LogP contribution in [0, 0.1) is 35.3 Å². The molecule has 6 heteroatoms. The first-order valence-electron chi connectivity index (χ1n) is 5.82. The monoisotopic (exact) mass is 269 g/mol. The van der Waals surface area contributed by atoms with Gasteiger partial charge in [0.2, 0.25) is 11.6 Å². The molecule has 2 rings (SSSR count). The lowest BCUT2D eigenvalue weighted by Crippen LogP contribution is -1.99. The van der Waals surface area contributed by atoms with Gasteiger partial charge < -0.3 is 4.74 Å². The van der Waals surface area contributed by atoms with Gasteiger partial charge in [0.15, 0.2) is 0 Å². The van der Waals surface area contributed by atoms with Gasteiger partial charge in [-0.3, -0.25) is 10.1 Å². The summed E-state index contributed by atoms with van der Waals surface area (Å²) in [6.07, 6.45) is 0. The lowest BCUT2D eigenvalue weighted by atomic mass is 10.2. The fourth-order valence-electron chi connectivity index (χ4n) is 1.75. The Morgan fingerprint density at radius 2 is 2.05 bits per heavy atom. The number of ether oxygens (including phenoxy) is 1. The maximum absolute atomic E-state index is 11.1. The van der Waals surface area contributed by atoms with Crippen LogP contribution >= 0.6 is 0 Å². The van der Waals surface area contributed by atoms with Crippen molar-refractivity contribution < 1.29 is 9.66 Å². The summed E-state index contributed by atoms with van der Waals surface area (Å²) < 4.78 is 5.48. The van der Waals surface area contributed by atoms with E-state index >= 15 is 0 Å². The summed E-state index contributed by atoms with van der Waals surface area (Å²) in [5, 5.41) is 20.1. The topological polar surface area (TPSA) is 89.0 Å². The van der Waals surface area contributed by atoms with Crippen LogP contribution in [0.2, 0.25) is 0 Å². The summed E-state index contributed by atoms with van der Waals surface area (Å²) >= 11 is 0. The molecule has 2 aromatic rings. The van der Waals surface area contributed by atoms with Crippen LogP contribution in [0.5, 0.6) is 11.6 Å². The fraction of sp³-hybridized carbons (Fsp3) is 0.143. The Balaban J connectivity index is 2.51. The van der Waals surface area contributed by atoms with Crippen molar-refractivity contribution in [3.05, 3.63) is 57.3 Å². The molecule has 0 aliphatic heterocycles. The van der Waals surface area contributed by atoms with Crippen molar-refractivity contribution >= 4 is 5.69 Å². The zero-order valence-corrected chi connectivity index (χ0v) is 11.0. The molecule has 20 heavy (non-hydrogen) atoms. The molecule has 1 aromatic heterocycles. The standard InChI is InChI=1S/C14H11N3O3/c1-9-4-3-5-12(13(9)17(18)19)20-14-11(8-15)7-6-10(2)16-14/h3-7H,1-2H3. The third kappa shape index (κ3) is 2.57. The number of aryl methyl sites for hydroxylation is 2. The second kappa shape index (κ2) is 5.36. The highest BCUT2D eigenvalue weighted by Crippen LogP contribution is 2.34. The van der Waals surface area contributed by atoms with Gasteiger partial charge in [-0.15, -0.1) is 0 Å². The number of aromatic nitrogens is 1. The number of nitrogens with zero attached hydrogens (tertiary/aromatic N) is 3. The van der Waals surface area contributed by atoms with Crippen molar-refractivity contribution in [2.24, 2.45) is 0 Å². The smallest absolute Gasteiger partial charge is 0.314 e. The third-order valence-electron chi connectivity index (χ3n) is 2.71. The summed E-state index contributed by atoms with van der Waals surface area (Å²) in [7, 11) is 0. The summed E-state index contributed by atoms with van der Waals surface area (Å²) in [6, 6.07) is 9.95. The zero-order chi connectivity index (χ0) is 14.7. The minimum atomic E-state index is -0.507. The average Bonchev–Trinajstić information content (AvgIpc) is 2.38.